The first-order valence-corrected chi connectivity index (χ1v) is 8.23. The summed E-state index contributed by atoms with van der Waals surface area (Å²) in [6, 6.07) is 15.2. The summed E-state index contributed by atoms with van der Waals surface area (Å²) in [4.78, 5) is 4.24. The van der Waals surface area contributed by atoms with Crippen molar-refractivity contribution in [3.8, 4) is 11.6 Å². The van der Waals surface area contributed by atoms with Crippen LogP contribution in [0, 0.1) is 0 Å². The van der Waals surface area contributed by atoms with Gasteiger partial charge in [0.25, 0.3) is 0 Å². The summed E-state index contributed by atoms with van der Waals surface area (Å²) in [6.45, 7) is 0.649. The smallest absolute Gasteiger partial charge is 0.215 e. The molecule has 0 aliphatic carbocycles. The fourth-order valence-electron chi connectivity index (χ4n) is 2.41. The number of nitrogens with zero attached hydrogens (tertiary/aromatic N) is 1. The molecular weight excluding hydrogens is 340 g/mol. The van der Waals surface area contributed by atoms with E-state index in [0.717, 1.165) is 22.1 Å². The third kappa shape index (κ3) is 4.20. The molecule has 3 rings (SSSR count). The standard InChI is InChI=1S/C19H19ClN2O3/c1-23-19(10-21)25-18-9-6-13(11-22-18)12-24-17-8-7-16(20)14-4-2-3-5-15(14)17/h2-9,11,19H,10,12,21H2,1H3. The lowest BCUT2D eigenvalue weighted by atomic mass is 10.1. The highest BCUT2D eigenvalue weighted by Crippen LogP contribution is 2.31. The molecule has 6 heteroatoms. The van der Waals surface area contributed by atoms with Gasteiger partial charge >= 0.3 is 0 Å². The van der Waals surface area contributed by atoms with Crippen molar-refractivity contribution in [3.63, 3.8) is 0 Å². The molecule has 1 aromatic heterocycles. The fraction of sp³-hybridized carbons (Fsp3) is 0.211. The lowest BCUT2D eigenvalue weighted by molar-refractivity contribution is -0.0480. The van der Waals surface area contributed by atoms with Crippen LogP contribution in [0.4, 0.5) is 0 Å². The molecule has 0 aliphatic rings. The largest absolute Gasteiger partial charge is 0.488 e. The van der Waals surface area contributed by atoms with E-state index < -0.39 is 6.29 Å². The third-order valence-electron chi connectivity index (χ3n) is 3.73. The number of fused-ring (bicyclic) bond motifs is 1. The molecule has 5 nitrogen and oxygen atoms in total. The summed E-state index contributed by atoms with van der Waals surface area (Å²) >= 11 is 6.23. The molecule has 130 valence electrons. The molecule has 0 aliphatic heterocycles. The zero-order valence-corrected chi connectivity index (χ0v) is 14.6. The number of aromatic nitrogens is 1. The Bertz CT molecular complexity index is 836. The van der Waals surface area contributed by atoms with E-state index >= 15 is 0 Å². The lowest BCUT2D eigenvalue weighted by Gasteiger charge is -2.14. The summed E-state index contributed by atoms with van der Waals surface area (Å²) in [5.41, 5.74) is 6.45. The maximum Gasteiger partial charge on any atom is 0.215 e. The van der Waals surface area contributed by atoms with Crippen molar-refractivity contribution in [2.24, 2.45) is 5.73 Å². The Labute approximate surface area is 151 Å². The molecule has 0 amide bonds. The molecule has 0 saturated heterocycles. The Balaban J connectivity index is 1.69. The third-order valence-corrected chi connectivity index (χ3v) is 4.06. The topological polar surface area (TPSA) is 66.6 Å². The predicted molar refractivity (Wildman–Crippen MR) is 98.0 cm³/mol. The van der Waals surface area contributed by atoms with Crippen LogP contribution < -0.4 is 15.2 Å². The molecule has 0 spiro atoms. The predicted octanol–water partition coefficient (Wildman–Crippen LogP) is 3.78. The minimum absolute atomic E-state index is 0.257. The minimum atomic E-state index is -0.505. The van der Waals surface area contributed by atoms with Crippen molar-refractivity contribution in [2.75, 3.05) is 13.7 Å². The van der Waals surface area contributed by atoms with Gasteiger partial charge in [-0.15, -0.1) is 0 Å². The van der Waals surface area contributed by atoms with Crippen LogP contribution in [0.15, 0.2) is 54.7 Å². The van der Waals surface area contributed by atoms with Crippen LogP contribution in [-0.2, 0) is 11.3 Å². The number of hydrogen-bond donors (Lipinski definition) is 1. The summed E-state index contributed by atoms with van der Waals surface area (Å²) in [7, 11) is 1.54. The number of rotatable bonds is 7. The minimum Gasteiger partial charge on any atom is -0.488 e. The number of ether oxygens (including phenoxy) is 3. The maximum atomic E-state index is 6.23. The highest BCUT2D eigenvalue weighted by atomic mass is 35.5. The molecule has 2 aromatic carbocycles. The van der Waals surface area contributed by atoms with E-state index in [-0.39, 0.29) is 6.54 Å². The van der Waals surface area contributed by atoms with E-state index in [9.17, 15) is 0 Å². The Hall–Kier alpha value is -2.34. The summed E-state index contributed by atoms with van der Waals surface area (Å²) in [5.74, 6) is 1.24. The molecule has 3 aromatic rings. The van der Waals surface area contributed by atoms with Crippen LogP contribution >= 0.6 is 11.6 Å². The van der Waals surface area contributed by atoms with Crippen LogP contribution in [0.25, 0.3) is 10.8 Å². The van der Waals surface area contributed by atoms with Crippen molar-refractivity contribution < 1.29 is 14.2 Å². The number of pyridine rings is 1. The Morgan fingerprint density at radius 2 is 1.88 bits per heavy atom. The molecule has 0 radical (unpaired) electrons. The molecule has 25 heavy (non-hydrogen) atoms. The second-order valence-electron chi connectivity index (χ2n) is 5.40. The Morgan fingerprint density at radius 3 is 2.56 bits per heavy atom. The van der Waals surface area contributed by atoms with Gasteiger partial charge < -0.3 is 19.9 Å². The summed E-state index contributed by atoms with van der Waals surface area (Å²) < 4.78 is 16.5. The average Bonchev–Trinajstić information content (AvgIpc) is 2.67. The molecule has 1 heterocycles. The average molecular weight is 359 g/mol. The van der Waals surface area contributed by atoms with Crippen molar-refractivity contribution in [2.45, 2.75) is 12.9 Å². The van der Waals surface area contributed by atoms with Gasteiger partial charge in [-0.2, -0.15) is 0 Å². The van der Waals surface area contributed by atoms with Gasteiger partial charge in [-0.3, -0.25) is 0 Å². The van der Waals surface area contributed by atoms with Crippen molar-refractivity contribution >= 4 is 22.4 Å². The van der Waals surface area contributed by atoms with Gasteiger partial charge in [-0.1, -0.05) is 35.9 Å². The fourth-order valence-corrected chi connectivity index (χ4v) is 2.64. The molecule has 1 atom stereocenters. The van der Waals surface area contributed by atoms with E-state index in [4.69, 9.17) is 31.5 Å². The van der Waals surface area contributed by atoms with Crippen LogP contribution in [0.1, 0.15) is 5.56 Å². The van der Waals surface area contributed by atoms with E-state index in [1.165, 1.54) is 7.11 Å². The first-order chi connectivity index (χ1) is 12.2. The molecule has 2 N–H and O–H groups in total. The number of halogens is 1. The molecular formula is C19H19ClN2O3. The van der Waals surface area contributed by atoms with Crippen molar-refractivity contribution in [1.29, 1.82) is 0 Å². The Kier molecular flexibility index (Phi) is 5.71. The monoisotopic (exact) mass is 358 g/mol. The van der Waals surface area contributed by atoms with Gasteiger partial charge in [-0.05, 0) is 18.2 Å². The van der Waals surface area contributed by atoms with Gasteiger partial charge in [0.2, 0.25) is 12.2 Å². The number of benzene rings is 2. The summed E-state index contributed by atoms with van der Waals surface area (Å²) in [6.07, 6.45) is 1.20. The number of methoxy groups -OCH3 is 1. The quantitative estimate of drug-likeness (QED) is 0.651. The second kappa shape index (κ2) is 8.16. The second-order valence-corrected chi connectivity index (χ2v) is 5.81. The van der Waals surface area contributed by atoms with Crippen molar-refractivity contribution in [3.05, 3.63) is 65.3 Å². The van der Waals surface area contributed by atoms with E-state index in [1.807, 2.05) is 42.5 Å². The molecule has 1 unspecified atom stereocenters. The van der Waals surface area contributed by atoms with Crippen LogP contribution in [0.3, 0.4) is 0 Å². The van der Waals surface area contributed by atoms with Gasteiger partial charge in [0.1, 0.15) is 12.4 Å². The van der Waals surface area contributed by atoms with E-state index in [2.05, 4.69) is 4.98 Å². The molecule has 0 saturated carbocycles. The number of nitrogens with two attached hydrogens (primary N) is 1. The maximum absolute atomic E-state index is 6.23. The number of hydrogen-bond acceptors (Lipinski definition) is 5. The highest BCUT2D eigenvalue weighted by molar-refractivity contribution is 6.35. The van der Waals surface area contributed by atoms with Crippen LogP contribution in [-0.4, -0.2) is 24.9 Å². The first-order valence-electron chi connectivity index (χ1n) is 7.85. The zero-order chi connectivity index (χ0) is 17.6. The van der Waals surface area contributed by atoms with E-state index in [1.54, 1.807) is 12.3 Å². The first kappa shape index (κ1) is 17.5. The highest BCUT2D eigenvalue weighted by Gasteiger charge is 2.08. The molecule has 0 fully saturated rings. The van der Waals surface area contributed by atoms with Crippen LogP contribution in [0.2, 0.25) is 5.02 Å². The van der Waals surface area contributed by atoms with Crippen molar-refractivity contribution in [1.82, 2.24) is 4.98 Å². The Morgan fingerprint density at radius 1 is 1.08 bits per heavy atom. The van der Waals surface area contributed by atoms with Gasteiger partial charge in [0.05, 0.1) is 6.54 Å². The van der Waals surface area contributed by atoms with Gasteiger partial charge in [0, 0.05) is 40.7 Å². The van der Waals surface area contributed by atoms with E-state index in [0.29, 0.717) is 17.5 Å². The zero-order valence-electron chi connectivity index (χ0n) is 13.8. The van der Waals surface area contributed by atoms with Gasteiger partial charge in [0.15, 0.2) is 0 Å². The normalized spacial score (nSPS) is 12.1. The summed E-state index contributed by atoms with van der Waals surface area (Å²) in [5, 5.41) is 2.66. The SMILES string of the molecule is COC(CN)Oc1ccc(COc2ccc(Cl)c3ccccc23)cn1. The van der Waals surface area contributed by atoms with Crippen LogP contribution in [0.5, 0.6) is 11.6 Å². The lowest BCUT2D eigenvalue weighted by Crippen LogP contribution is -2.28. The van der Waals surface area contributed by atoms with Gasteiger partial charge in [-0.25, -0.2) is 4.98 Å². The molecule has 0 bridgehead atoms.